The molecule has 0 radical (unpaired) electrons. The maximum atomic E-state index is 11.4. The zero-order chi connectivity index (χ0) is 15.1. The van der Waals surface area contributed by atoms with Crippen molar-refractivity contribution in [3.05, 3.63) is 28.5 Å². The number of aryl methyl sites for hydroxylation is 1. The lowest BCUT2D eigenvalue weighted by Crippen LogP contribution is -2.18. The molecule has 0 aliphatic heterocycles. The average molecular weight is 286 g/mol. The maximum absolute atomic E-state index is 11.4. The van der Waals surface area contributed by atoms with Crippen molar-refractivity contribution in [2.24, 2.45) is 7.05 Å². The van der Waals surface area contributed by atoms with Crippen LogP contribution in [0.2, 0.25) is 0 Å². The molecule has 0 amide bonds. The Hall–Kier alpha value is -2.02. The van der Waals surface area contributed by atoms with Gasteiger partial charge in [0.2, 0.25) is 5.71 Å². The Morgan fingerprint density at radius 2 is 2.00 bits per heavy atom. The van der Waals surface area contributed by atoms with Crippen molar-refractivity contribution in [3.8, 4) is 11.8 Å². The summed E-state index contributed by atoms with van der Waals surface area (Å²) in [7, 11) is 1.67. The molecule has 0 bridgehead atoms. The van der Waals surface area contributed by atoms with Crippen LogP contribution in [0.5, 0.6) is 0 Å². The van der Waals surface area contributed by atoms with Crippen LogP contribution in [0, 0.1) is 11.8 Å². The molecule has 0 saturated heterocycles. The summed E-state index contributed by atoms with van der Waals surface area (Å²) < 4.78 is 6.90. The lowest BCUT2D eigenvalue weighted by Gasteiger charge is -1.96. The molecular formula is C17H22N2O2. The van der Waals surface area contributed by atoms with Crippen LogP contribution in [0.15, 0.2) is 21.5 Å². The van der Waals surface area contributed by atoms with Crippen molar-refractivity contribution < 1.29 is 4.42 Å². The highest BCUT2D eigenvalue weighted by molar-refractivity contribution is 5.73. The van der Waals surface area contributed by atoms with E-state index in [2.05, 4.69) is 23.7 Å². The highest BCUT2D eigenvalue weighted by Crippen LogP contribution is 2.14. The second-order valence-electron chi connectivity index (χ2n) is 5.33. The van der Waals surface area contributed by atoms with Crippen molar-refractivity contribution >= 4 is 11.1 Å². The number of rotatable bonds is 6. The van der Waals surface area contributed by atoms with Gasteiger partial charge in [0.25, 0.3) is 0 Å². The van der Waals surface area contributed by atoms with Crippen LogP contribution >= 0.6 is 0 Å². The second-order valence-corrected chi connectivity index (χ2v) is 5.33. The molecule has 0 unspecified atom stereocenters. The summed E-state index contributed by atoms with van der Waals surface area (Å²) in [5.41, 5.74) is 0.0467. The molecule has 0 atom stereocenters. The van der Waals surface area contributed by atoms with Gasteiger partial charge < -0.3 is 8.98 Å². The molecule has 4 nitrogen and oxygen atoms in total. The summed E-state index contributed by atoms with van der Waals surface area (Å²) >= 11 is 0. The van der Waals surface area contributed by atoms with Crippen LogP contribution in [0.25, 0.3) is 11.1 Å². The van der Waals surface area contributed by atoms with Crippen molar-refractivity contribution in [3.63, 3.8) is 0 Å². The Morgan fingerprint density at radius 3 is 2.81 bits per heavy atom. The Kier molecular flexibility index (Phi) is 5.62. The molecule has 0 N–H and O–H groups in total. The Bertz CT molecular complexity index is 701. The summed E-state index contributed by atoms with van der Waals surface area (Å²) in [4.78, 5) is 15.3. The van der Waals surface area contributed by atoms with Gasteiger partial charge in [-0.15, -0.1) is 0 Å². The van der Waals surface area contributed by atoms with Crippen LogP contribution in [-0.4, -0.2) is 9.55 Å². The Morgan fingerprint density at radius 1 is 1.24 bits per heavy atom. The van der Waals surface area contributed by atoms with Crippen LogP contribution in [0.3, 0.4) is 0 Å². The zero-order valence-electron chi connectivity index (χ0n) is 12.8. The number of furan rings is 1. The minimum Gasteiger partial charge on any atom is -0.429 e. The molecule has 0 aromatic carbocycles. The third-order valence-electron chi connectivity index (χ3n) is 3.44. The third kappa shape index (κ3) is 4.49. The van der Waals surface area contributed by atoms with Gasteiger partial charge in [0.15, 0.2) is 5.76 Å². The van der Waals surface area contributed by atoms with Crippen molar-refractivity contribution in [2.45, 2.75) is 51.9 Å². The van der Waals surface area contributed by atoms with Gasteiger partial charge in [-0.2, -0.15) is 4.98 Å². The average Bonchev–Trinajstić information content (AvgIpc) is 2.84. The summed E-state index contributed by atoms with van der Waals surface area (Å²) in [6.45, 7) is 2.23. The Balaban J connectivity index is 1.86. The fraction of sp³-hybridized carbons (Fsp3) is 0.529. The predicted molar refractivity (Wildman–Crippen MR) is 84.1 cm³/mol. The number of fused-ring (bicyclic) bond motifs is 1. The Labute approximate surface area is 125 Å². The largest absolute Gasteiger partial charge is 0.429 e. The molecule has 2 rings (SSSR count). The summed E-state index contributed by atoms with van der Waals surface area (Å²) in [6.07, 6.45) is 10.2. The van der Waals surface area contributed by atoms with Crippen molar-refractivity contribution in [1.29, 1.82) is 0 Å². The monoisotopic (exact) mass is 286 g/mol. The highest BCUT2D eigenvalue weighted by atomic mass is 16.3. The lowest BCUT2D eigenvalue weighted by molar-refractivity contribution is 0.583. The SMILES string of the molecule is CCCCCCCCC#Cc1cc2cn(C)c(=O)nc2o1. The van der Waals surface area contributed by atoms with E-state index in [-0.39, 0.29) is 5.69 Å². The van der Waals surface area contributed by atoms with Crippen LogP contribution in [0.4, 0.5) is 0 Å². The summed E-state index contributed by atoms with van der Waals surface area (Å²) in [6, 6.07) is 1.83. The van der Waals surface area contributed by atoms with E-state index >= 15 is 0 Å². The molecule has 21 heavy (non-hydrogen) atoms. The summed E-state index contributed by atoms with van der Waals surface area (Å²) in [5, 5.41) is 0.806. The number of aromatic nitrogens is 2. The first-order chi connectivity index (χ1) is 10.2. The first-order valence-electron chi connectivity index (χ1n) is 7.67. The minimum atomic E-state index is -0.316. The van der Waals surface area contributed by atoms with Gasteiger partial charge >= 0.3 is 5.69 Å². The smallest absolute Gasteiger partial charge is 0.350 e. The molecule has 0 saturated carbocycles. The second kappa shape index (κ2) is 7.68. The number of hydrogen-bond acceptors (Lipinski definition) is 3. The van der Waals surface area contributed by atoms with Crippen LogP contribution in [-0.2, 0) is 7.05 Å². The van der Waals surface area contributed by atoms with Gasteiger partial charge in [0.1, 0.15) is 0 Å². The van der Waals surface area contributed by atoms with E-state index in [1.54, 1.807) is 13.2 Å². The summed E-state index contributed by atoms with van der Waals surface area (Å²) in [5.74, 6) is 6.71. The van der Waals surface area contributed by atoms with E-state index in [1.165, 1.54) is 36.7 Å². The van der Waals surface area contributed by atoms with E-state index in [1.807, 2.05) is 6.07 Å². The maximum Gasteiger partial charge on any atom is 0.350 e. The van der Waals surface area contributed by atoms with Crippen LogP contribution in [0.1, 0.15) is 57.6 Å². The van der Waals surface area contributed by atoms with Gasteiger partial charge in [-0.3, -0.25) is 0 Å². The third-order valence-corrected chi connectivity index (χ3v) is 3.44. The highest BCUT2D eigenvalue weighted by Gasteiger charge is 2.04. The van der Waals surface area contributed by atoms with Crippen molar-refractivity contribution in [2.75, 3.05) is 0 Å². The molecular weight excluding hydrogens is 264 g/mol. The molecule has 4 heteroatoms. The first-order valence-corrected chi connectivity index (χ1v) is 7.67. The molecule has 2 aromatic heterocycles. The number of unbranched alkanes of at least 4 members (excludes halogenated alkanes) is 6. The zero-order valence-corrected chi connectivity index (χ0v) is 12.8. The fourth-order valence-corrected chi connectivity index (χ4v) is 2.21. The van der Waals surface area contributed by atoms with E-state index in [0.717, 1.165) is 18.2 Å². The molecule has 0 fully saturated rings. The predicted octanol–water partition coefficient (Wildman–Crippen LogP) is 3.63. The molecule has 112 valence electrons. The topological polar surface area (TPSA) is 48.0 Å². The van der Waals surface area contributed by atoms with Crippen LogP contribution < -0.4 is 5.69 Å². The van der Waals surface area contributed by atoms with E-state index in [4.69, 9.17) is 4.42 Å². The van der Waals surface area contributed by atoms with Gasteiger partial charge in [-0.25, -0.2) is 4.79 Å². The van der Waals surface area contributed by atoms with Gasteiger partial charge in [0.05, 0.1) is 5.39 Å². The quantitative estimate of drug-likeness (QED) is 0.602. The molecule has 2 heterocycles. The van der Waals surface area contributed by atoms with E-state index < -0.39 is 0 Å². The van der Waals surface area contributed by atoms with E-state index in [9.17, 15) is 4.79 Å². The first kappa shape index (κ1) is 15.4. The number of nitrogens with zero attached hydrogens (tertiary/aromatic N) is 2. The fourth-order valence-electron chi connectivity index (χ4n) is 2.21. The lowest BCUT2D eigenvalue weighted by atomic mass is 10.1. The normalized spacial score (nSPS) is 10.6. The van der Waals surface area contributed by atoms with Gasteiger partial charge in [-0.1, -0.05) is 44.9 Å². The number of hydrogen-bond donors (Lipinski definition) is 0. The molecule has 2 aromatic rings. The van der Waals surface area contributed by atoms with E-state index in [0.29, 0.717) is 11.5 Å². The van der Waals surface area contributed by atoms with Gasteiger partial charge in [0, 0.05) is 25.7 Å². The molecule has 0 spiro atoms. The van der Waals surface area contributed by atoms with Gasteiger partial charge in [-0.05, 0) is 12.3 Å². The standard InChI is InChI=1S/C17H22N2O2/c1-3-4-5-6-7-8-9-10-11-15-12-14-13-19(2)17(20)18-16(14)21-15/h12-13H,3-9H2,1-2H3. The molecule has 0 aliphatic rings. The minimum absolute atomic E-state index is 0.316. The van der Waals surface area contributed by atoms with Crippen molar-refractivity contribution in [1.82, 2.24) is 9.55 Å². The molecule has 0 aliphatic carbocycles.